The summed E-state index contributed by atoms with van der Waals surface area (Å²) >= 11 is 0. The maximum atomic E-state index is 14.7. The number of primary amides is 2. The molecule has 1 aliphatic rings. The van der Waals surface area contributed by atoms with Crippen LogP contribution in [-0.2, 0) is 83.1 Å². The first-order chi connectivity index (χ1) is 50.0. The molecule has 36 heteroatoms. The number of carboxylic acids is 1. The lowest BCUT2D eigenvalue weighted by molar-refractivity contribution is -0.139. The van der Waals surface area contributed by atoms with Crippen LogP contribution >= 0.6 is 0 Å². The normalized spacial score (nSPS) is 18.9. The largest absolute Gasteiger partial charge is 0.481 e. The van der Waals surface area contributed by atoms with E-state index < -0.39 is 192 Å². The molecule has 2 rings (SSSR count). The minimum Gasteiger partial charge on any atom is -0.481 e. The van der Waals surface area contributed by atoms with Gasteiger partial charge in [-0.2, -0.15) is 0 Å². The molecule has 1 unspecified atom stereocenters. The fourth-order valence-electron chi connectivity index (χ4n) is 11.3. The third kappa shape index (κ3) is 35.2. The van der Waals surface area contributed by atoms with Crippen molar-refractivity contribution in [2.24, 2.45) is 51.4 Å². The smallest absolute Gasteiger partial charge is 0.303 e. The molecule has 36 nitrogen and oxygen atoms in total. The number of aliphatic imine (C=N–C) groups is 1. The van der Waals surface area contributed by atoms with E-state index in [9.17, 15) is 81.8 Å². The Morgan fingerprint density at radius 1 is 0.585 bits per heavy atom. The van der Waals surface area contributed by atoms with Crippen molar-refractivity contribution in [2.75, 3.05) is 19.6 Å². The van der Waals surface area contributed by atoms with E-state index in [1.807, 2.05) is 6.92 Å². The number of benzene rings is 1. The molecule has 106 heavy (non-hydrogen) atoms. The molecule has 1 aromatic rings. The molecular formula is C70H117N19O17. The zero-order chi connectivity index (χ0) is 79.8. The van der Waals surface area contributed by atoms with Crippen molar-refractivity contribution in [3.8, 4) is 0 Å². The minimum atomic E-state index is -1.85. The lowest BCUT2D eigenvalue weighted by atomic mass is 9.94. The van der Waals surface area contributed by atoms with E-state index in [0.29, 0.717) is 37.7 Å². The number of carbonyl (C=O) groups excluding carboxylic acids is 15. The predicted octanol–water partition coefficient (Wildman–Crippen LogP) is -3.10. The Bertz CT molecular complexity index is 3160. The molecule has 24 N–H and O–H groups in total. The third-order valence-corrected chi connectivity index (χ3v) is 17.8. The molecule has 1 heterocycles. The average molecular weight is 1500 g/mol. The highest BCUT2D eigenvalue weighted by Crippen LogP contribution is 2.17. The van der Waals surface area contributed by atoms with Crippen LogP contribution in [0.25, 0.3) is 0 Å². The maximum absolute atomic E-state index is 14.7. The van der Waals surface area contributed by atoms with Gasteiger partial charge in [0.15, 0.2) is 5.96 Å². The summed E-state index contributed by atoms with van der Waals surface area (Å²) in [5.41, 5.74) is 28.9. The molecule has 1 saturated heterocycles. The van der Waals surface area contributed by atoms with Gasteiger partial charge in [0.2, 0.25) is 88.6 Å². The molecule has 14 atom stereocenters. The number of carboxylic acid groups (broad SMARTS) is 1. The summed E-state index contributed by atoms with van der Waals surface area (Å²) < 4.78 is 0. The topological polar surface area (TPSA) is 592 Å². The number of guanidine groups is 1. The summed E-state index contributed by atoms with van der Waals surface area (Å²) in [4.78, 5) is 223. The zero-order valence-electron chi connectivity index (χ0n) is 62.6. The molecule has 1 aromatic carbocycles. The Balaban J connectivity index is 2.62. The van der Waals surface area contributed by atoms with Crippen molar-refractivity contribution in [3.63, 3.8) is 0 Å². The van der Waals surface area contributed by atoms with E-state index in [1.54, 1.807) is 71.9 Å². The van der Waals surface area contributed by atoms with E-state index in [1.165, 1.54) is 13.8 Å². The van der Waals surface area contributed by atoms with Crippen LogP contribution in [0.1, 0.15) is 190 Å². The Hall–Kier alpha value is -10.0. The molecule has 0 aliphatic carbocycles. The molecular weight excluding hydrogens is 1380 g/mol. The lowest BCUT2D eigenvalue weighted by Gasteiger charge is -2.30. The molecule has 0 saturated carbocycles. The van der Waals surface area contributed by atoms with Crippen LogP contribution in [0.4, 0.5) is 0 Å². The summed E-state index contributed by atoms with van der Waals surface area (Å²) in [7, 11) is 0. The Morgan fingerprint density at radius 2 is 1.11 bits per heavy atom. The van der Waals surface area contributed by atoms with Gasteiger partial charge in [0.05, 0.1) is 6.42 Å². The number of aliphatic carboxylic acids is 1. The molecule has 594 valence electrons. The fourth-order valence-corrected chi connectivity index (χ4v) is 11.3. The van der Waals surface area contributed by atoms with Crippen molar-refractivity contribution in [1.29, 1.82) is 0 Å². The third-order valence-electron chi connectivity index (χ3n) is 17.8. The van der Waals surface area contributed by atoms with Gasteiger partial charge in [-0.1, -0.05) is 104 Å². The van der Waals surface area contributed by atoms with Crippen molar-refractivity contribution >= 4 is 101 Å². The van der Waals surface area contributed by atoms with Crippen LogP contribution in [0.2, 0.25) is 0 Å². The van der Waals surface area contributed by atoms with E-state index in [0.717, 1.165) is 0 Å². The predicted molar refractivity (Wildman–Crippen MR) is 391 cm³/mol. The van der Waals surface area contributed by atoms with E-state index >= 15 is 0 Å². The SMILES string of the molecule is CCCC[C@H](NC(=O)[C@H](CC(C)C)NC(=O)[C@H](CCCCN)NC(=O)C(CCCN=C(N)N)NC(=O)[C@H](CC(N)=O)NC(=O)[C@@H]1CCCCNC(=O)CC[C@@H](NC(C)=O)C(=O)N[C@H](C)C(=O)N[C@@H](Cc2ccccc2)C(=O)N1)C(=O)N[C@@H](CCC(=O)O)C(=O)N[C@H](C(=O)N[C@H](C(N)=O)[C@@H](C)CC)[C@@H](C)CC. The molecule has 0 aromatic heterocycles. The van der Waals surface area contributed by atoms with Gasteiger partial charge in [-0.15, -0.1) is 0 Å². The number of carbonyl (C=O) groups is 16. The highest BCUT2D eigenvalue weighted by atomic mass is 16.4. The Morgan fingerprint density at radius 3 is 1.64 bits per heavy atom. The van der Waals surface area contributed by atoms with Crippen LogP contribution in [-0.4, -0.2) is 198 Å². The number of unbranched alkanes of at least 4 members (excludes halogenated alkanes) is 2. The minimum absolute atomic E-state index is 0.00590. The second-order valence-corrected chi connectivity index (χ2v) is 27.3. The van der Waals surface area contributed by atoms with Crippen LogP contribution in [0.15, 0.2) is 35.3 Å². The van der Waals surface area contributed by atoms with Crippen LogP contribution < -0.4 is 97.8 Å². The molecule has 15 amide bonds. The van der Waals surface area contributed by atoms with Gasteiger partial charge >= 0.3 is 5.97 Å². The highest BCUT2D eigenvalue weighted by Gasteiger charge is 2.39. The van der Waals surface area contributed by atoms with Gasteiger partial charge < -0.3 is 103 Å². The second kappa shape index (κ2) is 48.9. The maximum Gasteiger partial charge on any atom is 0.303 e. The van der Waals surface area contributed by atoms with Crippen molar-refractivity contribution in [3.05, 3.63) is 35.9 Å². The van der Waals surface area contributed by atoms with Crippen molar-refractivity contribution in [2.45, 2.75) is 263 Å². The molecule has 1 aliphatic heterocycles. The van der Waals surface area contributed by atoms with Crippen LogP contribution in [0.3, 0.4) is 0 Å². The van der Waals surface area contributed by atoms with Crippen molar-refractivity contribution in [1.82, 2.24) is 69.1 Å². The quantitative estimate of drug-likeness (QED) is 0.0175. The first kappa shape index (κ1) is 92.1. The number of nitrogens with zero attached hydrogens (tertiary/aromatic N) is 1. The fraction of sp³-hybridized carbons (Fsp3) is 0.671. The van der Waals surface area contributed by atoms with Crippen LogP contribution in [0, 0.1) is 17.8 Å². The summed E-state index contributed by atoms with van der Waals surface area (Å²) in [5, 5.41) is 43.6. The summed E-state index contributed by atoms with van der Waals surface area (Å²) in [6.45, 7) is 14.9. The summed E-state index contributed by atoms with van der Waals surface area (Å²) in [6.07, 6.45) is -0.273. The first-order valence-corrected chi connectivity index (χ1v) is 36.5. The first-order valence-electron chi connectivity index (χ1n) is 36.5. The van der Waals surface area contributed by atoms with Gasteiger partial charge in [-0.3, -0.25) is 81.7 Å². The Labute approximate surface area is 619 Å². The number of hydrogen-bond acceptors (Lipinski definition) is 18. The summed E-state index contributed by atoms with van der Waals surface area (Å²) in [5.74, 6) is -15.8. The highest BCUT2D eigenvalue weighted by molar-refractivity contribution is 6.00. The number of amides is 15. The number of nitrogens with two attached hydrogens (primary N) is 5. The monoisotopic (exact) mass is 1500 g/mol. The van der Waals surface area contributed by atoms with Gasteiger partial charge in [-0.25, -0.2) is 0 Å². The van der Waals surface area contributed by atoms with Gasteiger partial charge in [-0.05, 0) is 114 Å². The van der Waals surface area contributed by atoms with Gasteiger partial charge in [0.25, 0.3) is 0 Å². The molecule has 0 radical (unpaired) electrons. The number of rotatable bonds is 42. The van der Waals surface area contributed by atoms with Gasteiger partial charge in [0.1, 0.15) is 72.5 Å². The standard InChI is InChI=1S/C70H117N19O17/c1-10-13-24-44(61(98)84-49(29-31-55(93)94)65(102)89-57(40(7)12-3)69(106)88-56(58(73)95)39(6)11-2)81-66(103)50(35-38(4)5)86-63(100)45(25-17-19-32-71)80-62(99)47(27-21-34-77-70(74)75)83-68(105)52(37-53(72)91)87-64(101)46-26-18-20-33-76-54(92)30-28-48(79-42(9)90)60(97)78-41(8)59(96)85-51(67(104)82-46)36-43-22-15-14-16-23-43/h14-16,22-23,38-41,44-52,56-57H,10-13,17-21,24-37,71H2,1-9H3,(H2,72,91)(H2,73,95)(H,76,92)(H,78,97)(H,79,90)(H,80,99)(H,81,103)(H,82,104)(H,83,105)(H,84,98)(H,85,96)(H,86,100)(H,87,101)(H,88,106)(H,89,102)(H,93,94)(H4,74,75,77)/t39-,40-,41+,44-,45-,46-,47?,48+,49-,50-,51-,52-,56-,57-/m0/s1. The van der Waals surface area contributed by atoms with Crippen molar-refractivity contribution < 1.29 is 81.8 Å². The molecule has 1 fully saturated rings. The average Bonchev–Trinajstić information content (AvgIpc) is 0.855. The number of nitrogens with one attached hydrogen (secondary N) is 13. The summed E-state index contributed by atoms with van der Waals surface area (Å²) in [6, 6.07) is -8.56. The molecule has 0 bridgehead atoms. The van der Waals surface area contributed by atoms with Crippen LogP contribution in [0.5, 0.6) is 0 Å². The number of hydrogen-bond donors (Lipinski definition) is 19. The lowest BCUT2D eigenvalue weighted by Crippen LogP contribution is -2.61. The van der Waals surface area contributed by atoms with Gasteiger partial charge in [0, 0.05) is 39.3 Å². The van der Waals surface area contributed by atoms with E-state index in [-0.39, 0.29) is 114 Å². The zero-order valence-corrected chi connectivity index (χ0v) is 62.6. The molecule has 0 spiro atoms. The van der Waals surface area contributed by atoms with E-state index in [2.05, 4.69) is 74.1 Å². The Kier molecular flexibility index (Phi) is 42.5. The van der Waals surface area contributed by atoms with E-state index in [4.69, 9.17) is 28.7 Å². The second-order valence-electron chi connectivity index (χ2n) is 27.3.